The van der Waals surface area contributed by atoms with E-state index in [1.807, 2.05) is 156 Å². The van der Waals surface area contributed by atoms with E-state index in [0.717, 1.165) is 10.8 Å². The van der Waals surface area contributed by atoms with Gasteiger partial charge in [0.05, 0.1) is 0 Å². The first-order chi connectivity index (χ1) is 19.7. The molecule has 40 heavy (non-hydrogen) atoms. The molecule has 0 amide bonds. The number of fused-ring (bicyclic) bond motifs is 2. The molecule has 2 aromatic heterocycles. The second-order valence-corrected chi connectivity index (χ2v) is 5.74. The fourth-order valence-electron chi connectivity index (χ4n) is 2.41. The Bertz CT molecular complexity index is 1140. The average molecular weight is 551 g/mol. The van der Waals surface area contributed by atoms with E-state index in [0.29, 0.717) is 11.2 Å². The van der Waals surface area contributed by atoms with Gasteiger partial charge >= 0.3 is 11.3 Å². The van der Waals surface area contributed by atoms with Crippen LogP contribution in [0.25, 0.3) is 21.9 Å². The molecule has 0 bridgehead atoms. The molecular formula is C36H54O4. The van der Waals surface area contributed by atoms with Crippen LogP contribution in [-0.4, -0.2) is 0 Å². The molecule has 5 rings (SSSR count). The topological polar surface area (TPSA) is 60.4 Å². The van der Waals surface area contributed by atoms with Gasteiger partial charge in [0.1, 0.15) is 11.2 Å². The highest BCUT2D eigenvalue weighted by molar-refractivity contribution is 5.76. The molecule has 4 heteroatoms. The second kappa shape index (κ2) is 35.1. The maximum atomic E-state index is 10.7. The van der Waals surface area contributed by atoms with Gasteiger partial charge in [-0.1, -0.05) is 156 Å². The molecule has 0 fully saturated rings. The Kier molecular flexibility index (Phi) is 37.8. The first-order valence-corrected chi connectivity index (χ1v) is 14.7. The number of benzene rings is 3. The Hall–Kier alpha value is -3.92. The lowest BCUT2D eigenvalue weighted by molar-refractivity contribution is 0.560. The molecule has 0 saturated carbocycles. The molecule has 5 aromatic rings. The summed E-state index contributed by atoms with van der Waals surface area (Å²) in [4.78, 5) is 21.4. The second-order valence-electron chi connectivity index (χ2n) is 5.74. The summed E-state index contributed by atoms with van der Waals surface area (Å²) in [5, 5.41) is 1.90. The summed E-state index contributed by atoms with van der Waals surface area (Å²) in [6, 6.07) is 33.2. The SMILES string of the molecule is CC.CC.CC.CC.CC.CC.O=c1ccc2ccccc2o1.O=c1ccc2ccccc2o1.c1ccccc1. The van der Waals surface area contributed by atoms with E-state index in [9.17, 15) is 9.59 Å². The number of hydrogen-bond donors (Lipinski definition) is 0. The molecule has 0 N–H and O–H groups in total. The molecule has 0 spiro atoms. The molecule has 0 unspecified atom stereocenters. The molecule has 222 valence electrons. The Morgan fingerprint density at radius 1 is 0.325 bits per heavy atom. The first-order valence-electron chi connectivity index (χ1n) is 14.7. The van der Waals surface area contributed by atoms with Crippen molar-refractivity contribution in [2.75, 3.05) is 0 Å². The molecule has 3 aromatic carbocycles. The molecule has 0 aliphatic heterocycles. The molecule has 0 saturated heterocycles. The van der Waals surface area contributed by atoms with Gasteiger partial charge in [0.25, 0.3) is 0 Å². The Labute approximate surface area is 243 Å². The van der Waals surface area contributed by atoms with Gasteiger partial charge in [-0.15, -0.1) is 0 Å². The van der Waals surface area contributed by atoms with Crippen molar-refractivity contribution in [2.24, 2.45) is 0 Å². The third kappa shape index (κ3) is 21.1. The molecule has 4 nitrogen and oxygen atoms in total. The minimum absolute atomic E-state index is 0.302. The summed E-state index contributed by atoms with van der Waals surface area (Å²) in [5.41, 5.74) is 0.674. The van der Waals surface area contributed by atoms with Crippen LogP contribution in [0, 0.1) is 0 Å². The quantitative estimate of drug-likeness (QED) is 0.180. The minimum atomic E-state index is -0.302. The average Bonchev–Trinajstić information content (AvgIpc) is 3.08. The fourth-order valence-corrected chi connectivity index (χ4v) is 2.41. The lowest BCUT2D eigenvalue weighted by Crippen LogP contribution is -1.93. The number of rotatable bonds is 0. The normalized spacial score (nSPS) is 7.70. The summed E-state index contributed by atoms with van der Waals surface area (Å²) < 4.78 is 9.81. The summed E-state index contributed by atoms with van der Waals surface area (Å²) in [7, 11) is 0. The summed E-state index contributed by atoms with van der Waals surface area (Å²) >= 11 is 0. The largest absolute Gasteiger partial charge is 0.423 e. The van der Waals surface area contributed by atoms with Crippen LogP contribution in [0.5, 0.6) is 0 Å². The maximum absolute atomic E-state index is 10.7. The van der Waals surface area contributed by atoms with Gasteiger partial charge in [-0.3, -0.25) is 0 Å². The third-order valence-corrected chi connectivity index (χ3v) is 3.72. The third-order valence-electron chi connectivity index (χ3n) is 3.72. The molecule has 0 aliphatic rings. The number of hydrogen-bond acceptors (Lipinski definition) is 4. The van der Waals surface area contributed by atoms with Crippen LogP contribution in [0.15, 0.2) is 128 Å². The molecule has 0 atom stereocenters. The van der Waals surface area contributed by atoms with E-state index in [2.05, 4.69) is 0 Å². The lowest BCUT2D eigenvalue weighted by atomic mass is 10.2. The van der Waals surface area contributed by atoms with Crippen molar-refractivity contribution < 1.29 is 8.83 Å². The highest BCUT2D eigenvalue weighted by Gasteiger charge is 1.93. The minimum Gasteiger partial charge on any atom is -0.423 e. The van der Waals surface area contributed by atoms with Gasteiger partial charge < -0.3 is 8.83 Å². The lowest BCUT2D eigenvalue weighted by Gasteiger charge is -1.91. The van der Waals surface area contributed by atoms with E-state index in [-0.39, 0.29) is 11.3 Å². The van der Waals surface area contributed by atoms with E-state index < -0.39 is 0 Å². The van der Waals surface area contributed by atoms with Crippen LogP contribution in [0.2, 0.25) is 0 Å². The van der Waals surface area contributed by atoms with Crippen LogP contribution in [-0.2, 0) is 0 Å². The zero-order valence-electron chi connectivity index (χ0n) is 27.0. The Morgan fingerprint density at radius 2 is 0.575 bits per heavy atom. The predicted octanol–water partition coefficient (Wildman–Crippen LogP) is 11.4. The van der Waals surface area contributed by atoms with Crippen LogP contribution in [0.3, 0.4) is 0 Å². The van der Waals surface area contributed by atoms with Gasteiger partial charge in [-0.25, -0.2) is 9.59 Å². The van der Waals surface area contributed by atoms with E-state index in [1.54, 1.807) is 24.3 Å². The van der Waals surface area contributed by atoms with E-state index in [1.165, 1.54) is 12.1 Å². The summed E-state index contributed by atoms with van der Waals surface area (Å²) in [5.74, 6) is 0. The molecule has 2 heterocycles. The van der Waals surface area contributed by atoms with Crippen molar-refractivity contribution in [1.29, 1.82) is 0 Å². The summed E-state index contributed by atoms with van der Waals surface area (Å²) in [6.07, 6.45) is 0. The Balaban J connectivity index is -0.000000209. The van der Waals surface area contributed by atoms with E-state index in [4.69, 9.17) is 8.83 Å². The first kappa shape index (κ1) is 43.1. The molecule has 0 aliphatic carbocycles. The van der Waals surface area contributed by atoms with Gasteiger partial charge in [-0.05, 0) is 24.3 Å². The monoisotopic (exact) mass is 550 g/mol. The van der Waals surface area contributed by atoms with Crippen LogP contribution >= 0.6 is 0 Å². The molecular weight excluding hydrogens is 496 g/mol. The summed E-state index contributed by atoms with van der Waals surface area (Å²) in [6.45, 7) is 24.0. The van der Waals surface area contributed by atoms with Crippen LogP contribution in [0.4, 0.5) is 0 Å². The zero-order chi connectivity index (χ0) is 31.6. The van der Waals surface area contributed by atoms with Crippen molar-refractivity contribution in [1.82, 2.24) is 0 Å². The zero-order valence-corrected chi connectivity index (χ0v) is 27.0. The highest BCUT2D eigenvalue weighted by Crippen LogP contribution is 2.09. The van der Waals surface area contributed by atoms with Crippen molar-refractivity contribution in [3.8, 4) is 0 Å². The van der Waals surface area contributed by atoms with Crippen LogP contribution < -0.4 is 11.3 Å². The van der Waals surface area contributed by atoms with Gasteiger partial charge in [0.15, 0.2) is 0 Å². The van der Waals surface area contributed by atoms with Crippen molar-refractivity contribution in [2.45, 2.75) is 83.1 Å². The van der Waals surface area contributed by atoms with Crippen molar-refractivity contribution in [3.63, 3.8) is 0 Å². The highest BCUT2D eigenvalue weighted by atomic mass is 16.4. The van der Waals surface area contributed by atoms with E-state index >= 15 is 0 Å². The smallest absolute Gasteiger partial charge is 0.336 e. The predicted molar refractivity (Wildman–Crippen MR) is 179 cm³/mol. The molecule has 0 radical (unpaired) electrons. The van der Waals surface area contributed by atoms with Crippen molar-refractivity contribution >= 4 is 21.9 Å². The maximum Gasteiger partial charge on any atom is 0.336 e. The van der Waals surface area contributed by atoms with Gasteiger partial charge in [0.2, 0.25) is 0 Å². The fraction of sp³-hybridized carbons (Fsp3) is 0.333. The van der Waals surface area contributed by atoms with Crippen molar-refractivity contribution in [3.05, 3.63) is 130 Å². The van der Waals surface area contributed by atoms with Crippen LogP contribution in [0.1, 0.15) is 83.1 Å². The van der Waals surface area contributed by atoms with Gasteiger partial charge in [0, 0.05) is 22.9 Å². The Morgan fingerprint density at radius 3 is 0.850 bits per heavy atom. The van der Waals surface area contributed by atoms with Gasteiger partial charge in [-0.2, -0.15) is 0 Å². The standard InChI is InChI=1S/2C9H6O2.C6H6.6C2H6/c2*10-9-6-5-7-3-1-2-4-8(7)11-9;1-2-4-6-5-3-1;6*1-2/h2*1-6H;1-6H;6*1-2H3. The number of para-hydroxylation sites is 2.